The van der Waals surface area contributed by atoms with Crippen LogP contribution in [0.3, 0.4) is 0 Å². The van der Waals surface area contributed by atoms with E-state index < -0.39 is 0 Å². The Labute approximate surface area is 102 Å². The number of hydrogen-bond donors (Lipinski definition) is 0. The van der Waals surface area contributed by atoms with E-state index in [0.717, 1.165) is 32.4 Å². The molecule has 3 atom stereocenters. The average Bonchev–Trinajstić information content (AvgIpc) is 2.91. The zero-order valence-electron chi connectivity index (χ0n) is 10.3. The van der Waals surface area contributed by atoms with Gasteiger partial charge in [-0.2, -0.15) is 0 Å². The van der Waals surface area contributed by atoms with E-state index in [0.29, 0.717) is 31.3 Å². The van der Waals surface area contributed by atoms with E-state index in [4.69, 9.17) is 9.47 Å². The molecule has 17 heavy (non-hydrogen) atoms. The quantitative estimate of drug-likeness (QED) is 0.690. The van der Waals surface area contributed by atoms with Crippen molar-refractivity contribution < 1.29 is 14.3 Å². The second kappa shape index (κ2) is 4.94. The number of rotatable bonds is 1. The number of carbonyl (C=O) groups is 1. The number of ether oxygens (including phenoxy) is 2. The normalized spacial score (nSPS) is 37.9. The predicted octanol–water partition coefficient (Wildman–Crippen LogP) is 1.19. The summed E-state index contributed by atoms with van der Waals surface area (Å²) in [6, 6.07) is 0.339. The first kappa shape index (κ1) is 11.5. The molecular formula is C13H21NO3. The smallest absolute Gasteiger partial charge is 0.228 e. The van der Waals surface area contributed by atoms with Gasteiger partial charge < -0.3 is 14.4 Å². The fraction of sp³-hybridized carbons (Fsp3) is 0.923. The highest BCUT2D eigenvalue weighted by molar-refractivity contribution is 5.79. The molecule has 0 aromatic carbocycles. The summed E-state index contributed by atoms with van der Waals surface area (Å²) in [5.74, 6) is 0.415. The summed E-state index contributed by atoms with van der Waals surface area (Å²) < 4.78 is 11.1. The van der Waals surface area contributed by atoms with Gasteiger partial charge in [0.05, 0.1) is 31.3 Å². The Morgan fingerprint density at radius 2 is 2.00 bits per heavy atom. The highest BCUT2D eigenvalue weighted by Gasteiger charge is 2.39. The number of fused-ring (bicyclic) bond motifs is 1. The minimum absolute atomic E-state index is 0.107. The van der Waals surface area contributed by atoms with Crippen LogP contribution in [0.1, 0.15) is 32.1 Å². The topological polar surface area (TPSA) is 38.8 Å². The number of morpholine rings is 1. The largest absolute Gasteiger partial charge is 0.381 e. The van der Waals surface area contributed by atoms with Gasteiger partial charge in [-0.3, -0.25) is 4.79 Å². The van der Waals surface area contributed by atoms with Gasteiger partial charge >= 0.3 is 0 Å². The molecule has 0 radical (unpaired) electrons. The standard InChI is InChI=1S/C13H21NO3/c15-13(10-5-7-16-9-10)14-6-8-17-12-4-2-1-3-11(12)14/h10-12H,1-9H2. The molecule has 0 bridgehead atoms. The molecular weight excluding hydrogens is 218 g/mol. The van der Waals surface area contributed by atoms with Gasteiger partial charge in [-0.25, -0.2) is 0 Å². The van der Waals surface area contributed by atoms with Gasteiger partial charge in [0.15, 0.2) is 0 Å². The first-order chi connectivity index (χ1) is 8.36. The fourth-order valence-electron chi connectivity index (χ4n) is 3.33. The van der Waals surface area contributed by atoms with E-state index >= 15 is 0 Å². The van der Waals surface area contributed by atoms with Crippen LogP contribution in [0.15, 0.2) is 0 Å². The lowest BCUT2D eigenvalue weighted by Gasteiger charge is -2.44. The number of nitrogens with zero attached hydrogens (tertiary/aromatic N) is 1. The zero-order chi connectivity index (χ0) is 11.7. The minimum atomic E-state index is 0.107. The minimum Gasteiger partial charge on any atom is -0.381 e. The maximum absolute atomic E-state index is 12.4. The van der Waals surface area contributed by atoms with Gasteiger partial charge in [0.25, 0.3) is 0 Å². The van der Waals surface area contributed by atoms with Gasteiger partial charge in [-0.15, -0.1) is 0 Å². The van der Waals surface area contributed by atoms with E-state index in [-0.39, 0.29) is 5.92 Å². The Morgan fingerprint density at radius 1 is 1.12 bits per heavy atom. The van der Waals surface area contributed by atoms with Crippen LogP contribution >= 0.6 is 0 Å². The molecule has 1 saturated carbocycles. The first-order valence-electron chi connectivity index (χ1n) is 6.86. The Kier molecular flexibility index (Phi) is 3.34. The third-order valence-electron chi connectivity index (χ3n) is 4.29. The van der Waals surface area contributed by atoms with Gasteiger partial charge in [-0.05, 0) is 19.3 Å². The Morgan fingerprint density at radius 3 is 2.82 bits per heavy atom. The molecule has 96 valence electrons. The molecule has 2 aliphatic heterocycles. The summed E-state index contributed by atoms with van der Waals surface area (Å²) in [5, 5.41) is 0. The highest BCUT2D eigenvalue weighted by atomic mass is 16.5. The van der Waals surface area contributed by atoms with Crippen LogP contribution in [0.4, 0.5) is 0 Å². The van der Waals surface area contributed by atoms with E-state index in [9.17, 15) is 4.79 Å². The Bertz CT molecular complexity index is 286. The molecule has 4 nitrogen and oxygen atoms in total. The molecule has 3 aliphatic rings. The van der Waals surface area contributed by atoms with Crippen molar-refractivity contribution in [2.75, 3.05) is 26.4 Å². The predicted molar refractivity (Wildman–Crippen MR) is 62.6 cm³/mol. The summed E-state index contributed by atoms with van der Waals surface area (Å²) in [6.45, 7) is 2.85. The molecule has 4 heteroatoms. The molecule has 2 saturated heterocycles. The molecule has 0 N–H and O–H groups in total. The second-order valence-electron chi connectivity index (χ2n) is 5.35. The van der Waals surface area contributed by atoms with Crippen molar-refractivity contribution in [2.24, 2.45) is 5.92 Å². The third kappa shape index (κ3) is 2.20. The highest BCUT2D eigenvalue weighted by Crippen LogP contribution is 2.30. The van der Waals surface area contributed by atoms with Crippen LogP contribution in [-0.4, -0.2) is 49.3 Å². The van der Waals surface area contributed by atoms with Crippen molar-refractivity contribution in [2.45, 2.75) is 44.2 Å². The van der Waals surface area contributed by atoms with Crippen LogP contribution in [-0.2, 0) is 14.3 Å². The summed E-state index contributed by atoms with van der Waals surface area (Å²) in [7, 11) is 0. The van der Waals surface area contributed by atoms with Crippen LogP contribution in [0.2, 0.25) is 0 Å². The van der Waals surface area contributed by atoms with Gasteiger partial charge in [-0.1, -0.05) is 12.8 Å². The fourth-order valence-corrected chi connectivity index (χ4v) is 3.33. The van der Waals surface area contributed by atoms with Crippen molar-refractivity contribution >= 4 is 5.91 Å². The van der Waals surface area contributed by atoms with E-state index in [2.05, 4.69) is 4.90 Å². The van der Waals surface area contributed by atoms with Crippen LogP contribution < -0.4 is 0 Å². The molecule has 0 aromatic heterocycles. The summed E-state index contributed by atoms with van der Waals surface area (Å²) in [5.41, 5.74) is 0. The van der Waals surface area contributed by atoms with Crippen LogP contribution in [0, 0.1) is 5.92 Å². The van der Waals surface area contributed by atoms with Crippen molar-refractivity contribution in [1.29, 1.82) is 0 Å². The maximum Gasteiger partial charge on any atom is 0.228 e. The molecule has 0 spiro atoms. The van der Waals surface area contributed by atoms with E-state index in [1.54, 1.807) is 0 Å². The maximum atomic E-state index is 12.4. The summed E-state index contributed by atoms with van der Waals surface area (Å²) >= 11 is 0. The van der Waals surface area contributed by atoms with E-state index in [1.807, 2.05) is 0 Å². The van der Waals surface area contributed by atoms with Crippen molar-refractivity contribution in [1.82, 2.24) is 4.90 Å². The lowest BCUT2D eigenvalue weighted by molar-refractivity contribution is -0.153. The Hall–Kier alpha value is -0.610. The molecule has 1 aliphatic carbocycles. The number of amides is 1. The van der Waals surface area contributed by atoms with Gasteiger partial charge in [0, 0.05) is 13.2 Å². The Balaban J connectivity index is 1.69. The van der Waals surface area contributed by atoms with Crippen LogP contribution in [0.5, 0.6) is 0 Å². The van der Waals surface area contributed by atoms with Gasteiger partial charge in [0.2, 0.25) is 5.91 Å². The van der Waals surface area contributed by atoms with Crippen molar-refractivity contribution in [3.63, 3.8) is 0 Å². The van der Waals surface area contributed by atoms with Crippen molar-refractivity contribution in [3.05, 3.63) is 0 Å². The number of carbonyl (C=O) groups excluding carboxylic acids is 1. The molecule has 0 aromatic rings. The lowest BCUT2D eigenvalue weighted by atomic mass is 9.89. The average molecular weight is 239 g/mol. The molecule has 2 heterocycles. The third-order valence-corrected chi connectivity index (χ3v) is 4.29. The molecule has 3 rings (SSSR count). The first-order valence-corrected chi connectivity index (χ1v) is 6.86. The second-order valence-corrected chi connectivity index (χ2v) is 5.35. The molecule has 3 fully saturated rings. The SMILES string of the molecule is O=C(C1CCOC1)N1CCOC2CCCCC21. The van der Waals surface area contributed by atoms with Crippen LogP contribution in [0.25, 0.3) is 0 Å². The van der Waals surface area contributed by atoms with Crippen molar-refractivity contribution in [3.8, 4) is 0 Å². The monoisotopic (exact) mass is 239 g/mol. The molecule has 3 unspecified atom stereocenters. The lowest BCUT2D eigenvalue weighted by Crippen LogP contribution is -2.56. The molecule has 1 amide bonds. The zero-order valence-corrected chi connectivity index (χ0v) is 10.3. The summed E-state index contributed by atoms with van der Waals surface area (Å²) in [4.78, 5) is 14.5. The van der Waals surface area contributed by atoms with E-state index in [1.165, 1.54) is 12.8 Å². The van der Waals surface area contributed by atoms with Gasteiger partial charge in [0.1, 0.15) is 0 Å². The summed E-state index contributed by atoms with van der Waals surface area (Å²) in [6.07, 6.45) is 5.90. The number of hydrogen-bond acceptors (Lipinski definition) is 3.